The summed E-state index contributed by atoms with van der Waals surface area (Å²) in [7, 11) is -3.90. The van der Waals surface area contributed by atoms with Gasteiger partial charge in [-0.3, -0.25) is 4.90 Å². The number of hydrogen-bond donors (Lipinski definition) is 1. The summed E-state index contributed by atoms with van der Waals surface area (Å²) >= 11 is 0. The van der Waals surface area contributed by atoms with Crippen molar-refractivity contribution < 1.29 is 26.7 Å². The highest BCUT2D eigenvalue weighted by Gasteiger charge is 2.48. The van der Waals surface area contributed by atoms with Crippen molar-refractivity contribution in [1.82, 2.24) is 14.5 Å². The van der Waals surface area contributed by atoms with Crippen LogP contribution in [0.5, 0.6) is 0 Å². The minimum absolute atomic E-state index is 0.0122. The van der Waals surface area contributed by atoms with Crippen LogP contribution < -0.4 is 5.32 Å². The second-order valence-corrected chi connectivity index (χ2v) is 8.70. The molecule has 1 N–H and O–H groups in total. The molecule has 1 aromatic rings. The van der Waals surface area contributed by atoms with E-state index in [1.165, 1.54) is 4.31 Å². The zero-order chi connectivity index (χ0) is 18.5. The third-order valence-corrected chi connectivity index (χ3v) is 7.19. The van der Waals surface area contributed by atoms with E-state index in [-0.39, 0.29) is 42.3 Å². The Morgan fingerprint density at radius 2 is 1.85 bits per heavy atom. The predicted octanol–water partition coefficient (Wildman–Crippen LogP) is 0.910. The van der Waals surface area contributed by atoms with Gasteiger partial charge < -0.3 is 10.1 Å². The van der Waals surface area contributed by atoms with Crippen molar-refractivity contribution in [2.24, 2.45) is 0 Å². The van der Waals surface area contributed by atoms with Crippen molar-refractivity contribution in [1.29, 1.82) is 0 Å². The van der Waals surface area contributed by atoms with Gasteiger partial charge in [0.1, 0.15) is 6.10 Å². The second kappa shape index (κ2) is 6.43. The zero-order valence-corrected chi connectivity index (χ0v) is 14.7. The summed E-state index contributed by atoms with van der Waals surface area (Å²) in [5.74, 6) is -2.28. The summed E-state index contributed by atoms with van der Waals surface area (Å²) in [4.78, 5) is 13.6. The van der Waals surface area contributed by atoms with Crippen LogP contribution in [0, 0.1) is 11.6 Å². The van der Waals surface area contributed by atoms with E-state index >= 15 is 0 Å². The Labute approximate surface area is 149 Å². The number of halogens is 2. The monoisotopic (exact) mass is 387 g/mol. The molecule has 7 nitrogen and oxygen atoms in total. The van der Waals surface area contributed by atoms with Gasteiger partial charge in [-0.15, -0.1) is 0 Å². The van der Waals surface area contributed by atoms with Crippen LogP contribution in [0.15, 0.2) is 23.1 Å². The smallest absolute Gasteiger partial charge is 0.410 e. The molecule has 4 rings (SSSR count). The lowest BCUT2D eigenvalue weighted by molar-refractivity contribution is 0.117. The predicted molar refractivity (Wildman–Crippen MR) is 86.9 cm³/mol. The first-order valence-corrected chi connectivity index (χ1v) is 9.97. The summed E-state index contributed by atoms with van der Waals surface area (Å²) < 4.78 is 58.3. The Kier molecular flexibility index (Phi) is 4.36. The van der Waals surface area contributed by atoms with Gasteiger partial charge in [-0.2, -0.15) is 4.31 Å². The Balaban J connectivity index is 1.46. The van der Waals surface area contributed by atoms with Crippen LogP contribution in [0.25, 0.3) is 0 Å². The molecule has 0 aliphatic carbocycles. The van der Waals surface area contributed by atoms with Crippen LogP contribution in [0.4, 0.5) is 13.6 Å². The molecule has 0 aromatic heterocycles. The molecule has 1 aromatic carbocycles. The first-order valence-electron chi connectivity index (χ1n) is 8.53. The molecule has 3 heterocycles. The molecule has 0 unspecified atom stereocenters. The average Bonchev–Trinajstić information content (AvgIpc) is 3.17. The minimum atomic E-state index is -3.90. The Hall–Kier alpha value is -1.78. The molecule has 10 heteroatoms. The fraction of sp³-hybridized carbons (Fsp3) is 0.562. The summed E-state index contributed by atoms with van der Waals surface area (Å²) in [6, 6.07) is 2.47. The summed E-state index contributed by atoms with van der Waals surface area (Å²) in [6.07, 6.45) is 0.456. The summed E-state index contributed by atoms with van der Waals surface area (Å²) in [5.41, 5.74) is 0. The molecule has 0 saturated carbocycles. The number of piperidine rings is 1. The number of fused-ring (bicyclic) bond motifs is 1. The molecule has 3 fully saturated rings. The van der Waals surface area contributed by atoms with E-state index < -0.39 is 21.7 Å². The first kappa shape index (κ1) is 17.6. The van der Waals surface area contributed by atoms with Crippen molar-refractivity contribution in [3.63, 3.8) is 0 Å². The van der Waals surface area contributed by atoms with Crippen LogP contribution in [0.3, 0.4) is 0 Å². The van der Waals surface area contributed by atoms with Gasteiger partial charge in [-0.05, 0) is 31.0 Å². The molecule has 0 spiro atoms. The van der Waals surface area contributed by atoms with Gasteiger partial charge >= 0.3 is 6.09 Å². The number of rotatable bonds is 3. The maximum atomic E-state index is 13.4. The molecule has 0 radical (unpaired) electrons. The fourth-order valence-corrected chi connectivity index (χ4v) is 5.41. The van der Waals surface area contributed by atoms with Crippen LogP contribution in [-0.2, 0) is 14.8 Å². The van der Waals surface area contributed by atoms with E-state index in [9.17, 15) is 22.0 Å². The van der Waals surface area contributed by atoms with Crippen molar-refractivity contribution in [2.75, 3.05) is 26.2 Å². The lowest BCUT2D eigenvalue weighted by Gasteiger charge is -2.37. The number of benzene rings is 1. The highest BCUT2D eigenvalue weighted by molar-refractivity contribution is 7.89. The van der Waals surface area contributed by atoms with Gasteiger partial charge in [0.2, 0.25) is 10.0 Å². The largest absolute Gasteiger partial charge is 0.442 e. The topological polar surface area (TPSA) is 79.0 Å². The van der Waals surface area contributed by atoms with E-state index in [1.807, 2.05) is 0 Å². The van der Waals surface area contributed by atoms with Crippen LogP contribution in [0.1, 0.15) is 12.8 Å². The third-order valence-electron chi connectivity index (χ3n) is 5.29. The molecule has 142 valence electrons. The number of amides is 1. The van der Waals surface area contributed by atoms with Gasteiger partial charge in [0, 0.05) is 32.2 Å². The number of sulfonamides is 1. The molecule has 2 atom stereocenters. The van der Waals surface area contributed by atoms with Crippen molar-refractivity contribution >= 4 is 16.1 Å². The first-order chi connectivity index (χ1) is 12.4. The van der Waals surface area contributed by atoms with Crippen molar-refractivity contribution in [3.8, 4) is 0 Å². The van der Waals surface area contributed by atoms with E-state index in [0.717, 1.165) is 12.1 Å². The molecule has 26 heavy (non-hydrogen) atoms. The number of nitrogens with one attached hydrogen (secondary N) is 1. The third kappa shape index (κ3) is 2.85. The number of hydrogen-bond acceptors (Lipinski definition) is 5. The Morgan fingerprint density at radius 1 is 1.12 bits per heavy atom. The van der Waals surface area contributed by atoms with Gasteiger partial charge in [-0.25, -0.2) is 22.0 Å². The second-order valence-electron chi connectivity index (χ2n) is 6.77. The number of nitrogens with zero attached hydrogens (tertiary/aromatic N) is 2. The molecule has 1 amide bonds. The maximum Gasteiger partial charge on any atom is 0.410 e. The van der Waals surface area contributed by atoms with E-state index in [1.54, 1.807) is 4.90 Å². The van der Waals surface area contributed by atoms with Gasteiger partial charge in [0.25, 0.3) is 0 Å². The molecular formula is C16H19F2N3O4S. The minimum Gasteiger partial charge on any atom is -0.442 e. The average molecular weight is 387 g/mol. The quantitative estimate of drug-likeness (QED) is 0.834. The van der Waals surface area contributed by atoms with E-state index in [4.69, 9.17) is 4.74 Å². The fourth-order valence-electron chi connectivity index (χ4n) is 3.93. The number of carbonyl (C=O) groups excluding carboxylic acids is 1. The number of carbonyl (C=O) groups is 1. The molecule has 3 aliphatic heterocycles. The molecule has 3 aliphatic rings. The van der Waals surface area contributed by atoms with E-state index in [2.05, 4.69) is 5.32 Å². The summed E-state index contributed by atoms with van der Waals surface area (Å²) in [5, 5.41) is 3.19. The highest BCUT2D eigenvalue weighted by Crippen LogP contribution is 2.30. The SMILES string of the molecule is O=C1O[C@H]2CNC[C@H]2N1C1CCN(S(=O)(=O)c2ccc(F)c(F)c2)CC1. The van der Waals surface area contributed by atoms with E-state index in [0.29, 0.717) is 32.0 Å². The normalized spacial score (nSPS) is 27.6. The molecule has 0 bridgehead atoms. The standard InChI is InChI=1S/C16H19F2N3O4S/c17-12-2-1-11(7-13(12)18)26(23,24)20-5-3-10(4-6-20)21-14-8-19-9-15(14)25-16(21)22/h1-2,7,10,14-15,19H,3-6,8-9H2/t14-,15+/m1/s1. The van der Waals surface area contributed by atoms with Gasteiger partial charge in [0.05, 0.1) is 10.9 Å². The van der Waals surface area contributed by atoms with Crippen LogP contribution >= 0.6 is 0 Å². The van der Waals surface area contributed by atoms with Crippen molar-refractivity contribution in [2.45, 2.75) is 35.9 Å². The summed E-state index contributed by atoms with van der Waals surface area (Å²) in [6.45, 7) is 1.72. The maximum absolute atomic E-state index is 13.4. The molecule has 3 saturated heterocycles. The zero-order valence-electron chi connectivity index (χ0n) is 13.9. The lowest BCUT2D eigenvalue weighted by Crippen LogP contribution is -2.50. The van der Waals surface area contributed by atoms with Gasteiger partial charge in [-0.1, -0.05) is 0 Å². The highest BCUT2D eigenvalue weighted by atomic mass is 32.2. The van der Waals surface area contributed by atoms with Crippen LogP contribution in [-0.4, -0.2) is 68.1 Å². The Morgan fingerprint density at radius 3 is 2.54 bits per heavy atom. The molecular weight excluding hydrogens is 368 g/mol. The number of ether oxygens (including phenoxy) is 1. The Bertz CT molecular complexity index is 827. The van der Waals surface area contributed by atoms with Crippen LogP contribution in [0.2, 0.25) is 0 Å². The van der Waals surface area contributed by atoms with Gasteiger partial charge in [0.15, 0.2) is 11.6 Å². The van der Waals surface area contributed by atoms with Crippen molar-refractivity contribution in [3.05, 3.63) is 29.8 Å². The lowest BCUT2D eigenvalue weighted by atomic mass is 10.0.